The van der Waals surface area contributed by atoms with E-state index in [-0.39, 0.29) is 0 Å². The summed E-state index contributed by atoms with van der Waals surface area (Å²) in [6.07, 6.45) is 0. The first-order valence-corrected chi connectivity index (χ1v) is 4.76. The van der Waals surface area contributed by atoms with Gasteiger partial charge < -0.3 is 5.73 Å². The van der Waals surface area contributed by atoms with E-state index in [2.05, 4.69) is 6.07 Å². The number of nitrogens with zero attached hydrogens (tertiary/aromatic N) is 1. The van der Waals surface area contributed by atoms with Crippen LogP contribution in [0.15, 0.2) is 24.3 Å². The normalized spacial score (nSPS) is 9.93. The third-order valence-electron chi connectivity index (χ3n) is 1.91. The number of amides is 1. The fourth-order valence-electron chi connectivity index (χ4n) is 1.27. The first-order chi connectivity index (χ1) is 6.72. The second-order valence-corrected chi connectivity index (χ2v) is 3.86. The zero-order valence-electron chi connectivity index (χ0n) is 7.15. The number of primary amides is 1. The molecule has 0 aliphatic heterocycles. The number of hydrogen-bond donors (Lipinski definition) is 1. The Hall–Kier alpha value is -1.86. The maximum Gasteiger partial charge on any atom is 0.258 e. The van der Waals surface area contributed by atoms with Crippen molar-refractivity contribution in [2.75, 3.05) is 0 Å². The Morgan fingerprint density at radius 1 is 1.50 bits per heavy atom. The first kappa shape index (κ1) is 8.73. The third-order valence-corrected chi connectivity index (χ3v) is 3.11. The number of thiophene rings is 1. The second-order valence-electron chi connectivity index (χ2n) is 2.81. The van der Waals surface area contributed by atoms with Crippen molar-refractivity contribution in [3.8, 4) is 6.07 Å². The highest BCUT2D eigenvalue weighted by Gasteiger charge is 2.08. The molecule has 0 aliphatic carbocycles. The van der Waals surface area contributed by atoms with Crippen LogP contribution in [0, 0.1) is 11.3 Å². The lowest BCUT2D eigenvalue weighted by atomic mass is 10.2. The van der Waals surface area contributed by atoms with E-state index in [9.17, 15) is 4.79 Å². The number of carbonyl (C=O) groups excluding carboxylic acids is 1. The Bertz CT molecular complexity index is 551. The van der Waals surface area contributed by atoms with Crippen molar-refractivity contribution in [2.45, 2.75) is 0 Å². The van der Waals surface area contributed by atoms with Gasteiger partial charge in [-0.3, -0.25) is 4.79 Å². The van der Waals surface area contributed by atoms with Crippen LogP contribution in [0.2, 0.25) is 0 Å². The fourth-order valence-corrected chi connectivity index (χ4v) is 2.25. The predicted molar refractivity (Wildman–Crippen MR) is 55.1 cm³/mol. The van der Waals surface area contributed by atoms with Crippen molar-refractivity contribution in [1.82, 2.24) is 0 Å². The van der Waals surface area contributed by atoms with Crippen LogP contribution in [-0.2, 0) is 0 Å². The largest absolute Gasteiger partial charge is 0.365 e. The zero-order valence-corrected chi connectivity index (χ0v) is 7.97. The average molecular weight is 202 g/mol. The lowest BCUT2D eigenvalue weighted by molar-refractivity contribution is 0.100. The van der Waals surface area contributed by atoms with Gasteiger partial charge in [-0.2, -0.15) is 5.26 Å². The molecule has 0 saturated carbocycles. The molecule has 4 heteroatoms. The van der Waals surface area contributed by atoms with Gasteiger partial charge in [0.1, 0.15) is 6.07 Å². The maximum absolute atomic E-state index is 10.9. The number of hydrogen-bond acceptors (Lipinski definition) is 3. The Morgan fingerprint density at radius 3 is 2.93 bits per heavy atom. The number of carbonyl (C=O) groups is 1. The molecule has 0 saturated heterocycles. The minimum atomic E-state index is -0.449. The molecule has 0 unspecified atom stereocenters. The summed E-state index contributed by atoms with van der Waals surface area (Å²) in [5, 5.41) is 9.72. The highest BCUT2D eigenvalue weighted by atomic mass is 32.1. The van der Waals surface area contributed by atoms with Crippen LogP contribution in [-0.4, -0.2) is 5.91 Å². The van der Waals surface area contributed by atoms with E-state index in [0.717, 1.165) is 10.1 Å². The zero-order chi connectivity index (χ0) is 10.1. The summed E-state index contributed by atoms with van der Waals surface area (Å²) >= 11 is 1.26. The summed E-state index contributed by atoms with van der Waals surface area (Å²) < 4.78 is 0.823. The Kier molecular flexibility index (Phi) is 1.95. The summed E-state index contributed by atoms with van der Waals surface area (Å²) in [4.78, 5) is 11.4. The summed E-state index contributed by atoms with van der Waals surface area (Å²) in [5.74, 6) is -0.449. The van der Waals surface area contributed by atoms with Gasteiger partial charge in [0, 0.05) is 0 Å². The van der Waals surface area contributed by atoms with Gasteiger partial charge in [-0.1, -0.05) is 12.1 Å². The van der Waals surface area contributed by atoms with E-state index in [1.165, 1.54) is 11.3 Å². The van der Waals surface area contributed by atoms with E-state index in [1.54, 1.807) is 18.2 Å². The van der Waals surface area contributed by atoms with Gasteiger partial charge in [0.05, 0.1) is 15.1 Å². The smallest absolute Gasteiger partial charge is 0.258 e. The van der Waals surface area contributed by atoms with Crippen molar-refractivity contribution in [3.63, 3.8) is 0 Å². The molecule has 68 valence electrons. The molecule has 0 radical (unpaired) electrons. The summed E-state index contributed by atoms with van der Waals surface area (Å²) in [7, 11) is 0. The number of nitrogens with two attached hydrogens (primary N) is 1. The fraction of sp³-hybridized carbons (Fsp3) is 0. The summed E-state index contributed by atoms with van der Waals surface area (Å²) in [6.45, 7) is 0. The Morgan fingerprint density at radius 2 is 2.29 bits per heavy atom. The molecule has 14 heavy (non-hydrogen) atoms. The topological polar surface area (TPSA) is 66.9 Å². The van der Waals surface area contributed by atoms with Crippen LogP contribution >= 0.6 is 11.3 Å². The molecule has 0 bridgehead atoms. The van der Waals surface area contributed by atoms with Gasteiger partial charge in [0.2, 0.25) is 0 Å². The molecule has 1 aromatic carbocycles. The molecule has 2 aromatic rings. The van der Waals surface area contributed by atoms with Crippen LogP contribution < -0.4 is 5.73 Å². The number of rotatable bonds is 1. The summed E-state index contributed by atoms with van der Waals surface area (Å²) in [6, 6.07) is 9.17. The van der Waals surface area contributed by atoms with Crippen LogP contribution in [0.1, 0.15) is 15.2 Å². The highest BCUT2D eigenvalue weighted by molar-refractivity contribution is 7.21. The SMILES string of the molecule is N#Cc1cccc2cc(C(N)=O)sc12. The minimum absolute atomic E-state index is 0.449. The van der Waals surface area contributed by atoms with Crippen LogP contribution in [0.4, 0.5) is 0 Å². The Balaban J connectivity index is 2.78. The van der Waals surface area contributed by atoms with E-state index in [1.807, 2.05) is 6.07 Å². The summed E-state index contributed by atoms with van der Waals surface area (Å²) in [5.41, 5.74) is 5.74. The molecule has 0 fully saturated rings. The predicted octanol–water partition coefficient (Wildman–Crippen LogP) is 1.87. The molecule has 1 amide bonds. The van der Waals surface area contributed by atoms with Crippen LogP contribution in [0.3, 0.4) is 0 Å². The molecular formula is C10H6N2OS. The third kappa shape index (κ3) is 1.24. The lowest BCUT2D eigenvalue weighted by Gasteiger charge is -1.89. The number of fused-ring (bicyclic) bond motifs is 1. The van der Waals surface area contributed by atoms with Crippen LogP contribution in [0.25, 0.3) is 10.1 Å². The lowest BCUT2D eigenvalue weighted by Crippen LogP contribution is -2.07. The average Bonchev–Trinajstić information content (AvgIpc) is 2.60. The van der Waals surface area contributed by atoms with Crippen molar-refractivity contribution in [2.24, 2.45) is 5.73 Å². The molecule has 1 aromatic heterocycles. The van der Waals surface area contributed by atoms with E-state index in [0.29, 0.717) is 10.4 Å². The molecule has 2 rings (SSSR count). The monoisotopic (exact) mass is 202 g/mol. The van der Waals surface area contributed by atoms with E-state index in [4.69, 9.17) is 11.0 Å². The minimum Gasteiger partial charge on any atom is -0.365 e. The molecule has 0 aliphatic rings. The van der Waals surface area contributed by atoms with Crippen molar-refractivity contribution in [3.05, 3.63) is 34.7 Å². The van der Waals surface area contributed by atoms with Gasteiger partial charge in [-0.05, 0) is 17.5 Å². The molecule has 0 spiro atoms. The van der Waals surface area contributed by atoms with Crippen molar-refractivity contribution < 1.29 is 4.79 Å². The Labute approximate surface area is 84.4 Å². The van der Waals surface area contributed by atoms with Gasteiger partial charge in [0.25, 0.3) is 5.91 Å². The van der Waals surface area contributed by atoms with Gasteiger partial charge >= 0.3 is 0 Å². The quantitative estimate of drug-likeness (QED) is 0.767. The van der Waals surface area contributed by atoms with Crippen molar-refractivity contribution in [1.29, 1.82) is 5.26 Å². The first-order valence-electron chi connectivity index (χ1n) is 3.95. The molecule has 1 heterocycles. The highest BCUT2D eigenvalue weighted by Crippen LogP contribution is 2.27. The van der Waals surface area contributed by atoms with E-state index >= 15 is 0 Å². The second kappa shape index (κ2) is 3.13. The molecule has 0 atom stereocenters. The van der Waals surface area contributed by atoms with Crippen LogP contribution in [0.5, 0.6) is 0 Å². The maximum atomic E-state index is 10.9. The molecular weight excluding hydrogens is 196 g/mol. The number of benzene rings is 1. The van der Waals surface area contributed by atoms with Crippen molar-refractivity contribution >= 4 is 27.3 Å². The molecule has 3 nitrogen and oxygen atoms in total. The van der Waals surface area contributed by atoms with Gasteiger partial charge in [0.15, 0.2) is 0 Å². The van der Waals surface area contributed by atoms with Gasteiger partial charge in [-0.25, -0.2) is 0 Å². The standard InChI is InChI=1S/C10H6N2OS/c11-5-7-3-1-2-6-4-8(10(12)13)14-9(6)7/h1-4H,(H2,12,13). The molecule has 2 N–H and O–H groups in total. The van der Waals surface area contributed by atoms with E-state index < -0.39 is 5.91 Å². The van der Waals surface area contributed by atoms with Gasteiger partial charge in [-0.15, -0.1) is 11.3 Å². The number of nitriles is 1.